The maximum absolute atomic E-state index is 9.12. The lowest BCUT2D eigenvalue weighted by Gasteiger charge is -2.35. The van der Waals surface area contributed by atoms with E-state index in [1.54, 1.807) is 12.1 Å². The normalized spacial score (nSPS) is 27.6. The van der Waals surface area contributed by atoms with Gasteiger partial charge in [0.15, 0.2) is 0 Å². The molecular weight excluding hydrogens is 244 g/mol. The molecule has 0 amide bonds. The number of benzene rings is 1. The zero-order valence-electron chi connectivity index (χ0n) is 10.9. The number of nitrogens with one attached hydrogen (secondary N) is 1. The van der Waals surface area contributed by atoms with E-state index in [4.69, 9.17) is 16.9 Å². The quantitative estimate of drug-likeness (QED) is 0.855. The van der Waals surface area contributed by atoms with E-state index in [0.29, 0.717) is 22.5 Å². The summed E-state index contributed by atoms with van der Waals surface area (Å²) in [7, 11) is 0. The zero-order valence-corrected chi connectivity index (χ0v) is 11.7. The number of hydrogen-bond donors (Lipinski definition) is 1. The van der Waals surface area contributed by atoms with Crippen molar-refractivity contribution in [1.82, 2.24) is 0 Å². The lowest BCUT2D eigenvalue weighted by atomic mass is 9.78. The monoisotopic (exact) mass is 262 g/mol. The van der Waals surface area contributed by atoms with Gasteiger partial charge in [-0.25, -0.2) is 0 Å². The van der Waals surface area contributed by atoms with Crippen molar-refractivity contribution in [3.8, 4) is 6.07 Å². The van der Waals surface area contributed by atoms with Crippen LogP contribution >= 0.6 is 11.6 Å². The van der Waals surface area contributed by atoms with Gasteiger partial charge in [0.05, 0.1) is 11.3 Å². The summed E-state index contributed by atoms with van der Waals surface area (Å²) in [5, 5.41) is 13.3. The second kappa shape index (κ2) is 5.63. The van der Waals surface area contributed by atoms with Crippen LogP contribution in [0.15, 0.2) is 18.2 Å². The van der Waals surface area contributed by atoms with Gasteiger partial charge in [-0.2, -0.15) is 5.26 Å². The molecule has 0 saturated heterocycles. The van der Waals surface area contributed by atoms with Crippen molar-refractivity contribution in [3.05, 3.63) is 28.8 Å². The standard InChI is InChI=1S/C15H19ClN2/c1-10-4-3-5-14(11(10)2)18-15-8-13(16)7-6-12(15)9-17/h6-8,10-11,14,18H,3-5H2,1-2H3. The van der Waals surface area contributed by atoms with E-state index >= 15 is 0 Å². The van der Waals surface area contributed by atoms with Crippen LogP contribution < -0.4 is 5.32 Å². The molecule has 1 aliphatic rings. The van der Waals surface area contributed by atoms with Crippen molar-refractivity contribution in [2.75, 3.05) is 5.32 Å². The molecule has 1 saturated carbocycles. The fourth-order valence-corrected chi connectivity index (χ4v) is 2.89. The molecule has 0 aromatic heterocycles. The number of nitrogens with zero attached hydrogens (tertiary/aromatic N) is 1. The average Bonchev–Trinajstić information content (AvgIpc) is 2.35. The molecule has 0 aliphatic heterocycles. The summed E-state index contributed by atoms with van der Waals surface area (Å²) in [5.74, 6) is 1.37. The second-order valence-electron chi connectivity index (χ2n) is 5.32. The Morgan fingerprint density at radius 3 is 2.83 bits per heavy atom. The lowest BCUT2D eigenvalue weighted by Crippen LogP contribution is -2.35. The zero-order chi connectivity index (χ0) is 13.1. The molecule has 1 aromatic carbocycles. The predicted molar refractivity (Wildman–Crippen MR) is 75.8 cm³/mol. The molecule has 0 heterocycles. The van der Waals surface area contributed by atoms with Crippen LogP contribution in [-0.4, -0.2) is 6.04 Å². The van der Waals surface area contributed by atoms with Crippen molar-refractivity contribution in [1.29, 1.82) is 5.26 Å². The third-order valence-corrected chi connectivity index (χ3v) is 4.38. The minimum Gasteiger partial charge on any atom is -0.381 e. The Morgan fingerprint density at radius 1 is 1.33 bits per heavy atom. The molecule has 1 aromatic rings. The highest BCUT2D eigenvalue weighted by Gasteiger charge is 2.27. The summed E-state index contributed by atoms with van der Waals surface area (Å²) in [6.07, 6.45) is 3.73. The first-order valence-corrected chi connectivity index (χ1v) is 6.96. The number of nitriles is 1. The van der Waals surface area contributed by atoms with Crippen LogP contribution in [0.2, 0.25) is 5.02 Å². The number of anilines is 1. The van der Waals surface area contributed by atoms with Gasteiger partial charge in [-0.15, -0.1) is 0 Å². The van der Waals surface area contributed by atoms with E-state index in [0.717, 1.165) is 11.6 Å². The molecule has 18 heavy (non-hydrogen) atoms. The lowest BCUT2D eigenvalue weighted by molar-refractivity contribution is 0.253. The minimum absolute atomic E-state index is 0.444. The molecule has 1 aliphatic carbocycles. The molecule has 0 spiro atoms. The summed E-state index contributed by atoms with van der Waals surface area (Å²) < 4.78 is 0. The van der Waals surface area contributed by atoms with Crippen LogP contribution in [0, 0.1) is 23.2 Å². The van der Waals surface area contributed by atoms with E-state index < -0.39 is 0 Å². The highest BCUT2D eigenvalue weighted by Crippen LogP contribution is 2.32. The largest absolute Gasteiger partial charge is 0.381 e. The minimum atomic E-state index is 0.444. The van der Waals surface area contributed by atoms with Crippen LogP contribution in [0.4, 0.5) is 5.69 Å². The van der Waals surface area contributed by atoms with Crippen molar-refractivity contribution in [2.45, 2.75) is 39.2 Å². The molecule has 2 nitrogen and oxygen atoms in total. The Balaban J connectivity index is 2.18. The molecular formula is C15H19ClN2. The third-order valence-electron chi connectivity index (χ3n) is 4.15. The Labute approximate surface area is 114 Å². The Hall–Kier alpha value is -1.20. The maximum atomic E-state index is 9.12. The summed E-state index contributed by atoms with van der Waals surface area (Å²) in [6, 6.07) is 8.06. The predicted octanol–water partition coefficient (Wildman–Crippen LogP) is 4.45. The molecule has 3 atom stereocenters. The molecule has 3 unspecified atom stereocenters. The SMILES string of the molecule is CC1CCCC(Nc2cc(Cl)ccc2C#N)C1C. The maximum Gasteiger partial charge on any atom is 0.101 e. The highest BCUT2D eigenvalue weighted by atomic mass is 35.5. The highest BCUT2D eigenvalue weighted by molar-refractivity contribution is 6.30. The van der Waals surface area contributed by atoms with Crippen molar-refractivity contribution in [2.24, 2.45) is 11.8 Å². The van der Waals surface area contributed by atoms with Gasteiger partial charge in [0.25, 0.3) is 0 Å². The molecule has 1 N–H and O–H groups in total. The number of hydrogen-bond acceptors (Lipinski definition) is 2. The Morgan fingerprint density at radius 2 is 2.11 bits per heavy atom. The van der Waals surface area contributed by atoms with Gasteiger partial charge in [0.2, 0.25) is 0 Å². The van der Waals surface area contributed by atoms with Crippen LogP contribution in [-0.2, 0) is 0 Å². The Bertz CT molecular complexity index is 464. The molecule has 2 rings (SSSR count). The molecule has 96 valence electrons. The fraction of sp³-hybridized carbons (Fsp3) is 0.533. The van der Waals surface area contributed by atoms with Gasteiger partial charge in [0, 0.05) is 11.1 Å². The first-order chi connectivity index (χ1) is 8.61. The topological polar surface area (TPSA) is 35.8 Å². The fourth-order valence-electron chi connectivity index (χ4n) is 2.72. The molecule has 3 heteroatoms. The first kappa shape index (κ1) is 13.2. The van der Waals surface area contributed by atoms with Crippen LogP contribution in [0.5, 0.6) is 0 Å². The van der Waals surface area contributed by atoms with Crippen molar-refractivity contribution in [3.63, 3.8) is 0 Å². The molecule has 0 radical (unpaired) electrons. The number of halogens is 1. The van der Waals surface area contributed by atoms with E-state index in [1.165, 1.54) is 19.3 Å². The van der Waals surface area contributed by atoms with Crippen molar-refractivity contribution >= 4 is 17.3 Å². The third kappa shape index (κ3) is 2.79. The van der Waals surface area contributed by atoms with Gasteiger partial charge in [-0.1, -0.05) is 38.3 Å². The van der Waals surface area contributed by atoms with Gasteiger partial charge in [0.1, 0.15) is 6.07 Å². The smallest absolute Gasteiger partial charge is 0.101 e. The van der Waals surface area contributed by atoms with Gasteiger partial charge >= 0.3 is 0 Å². The first-order valence-electron chi connectivity index (χ1n) is 6.58. The van der Waals surface area contributed by atoms with Crippen LogP contribution in [0.1, 0.15) is 38.7 Å². The van der Waals surface area contributed by atoms with Gasteiger partial charge in [-0.3, -0.25) is 0 Å². The summed E-state index contributed by atoms with van der Waals surface area (Å²) >= 11 is 6.01. The van der Waals surface area contributed by atoms with E-state index in [1.807, 2.05) is 6.07 Å². The second-order valence-corrected chi connectivity index (χ2v) is 5.76. The summed E-state index contributed by atoms with van der Waals surface area (Å²) in [5.41, 5.74) is 1.54. The number of rotatable bonds is 2. The van der Waals surface area contributed by atoms with Gasteiger partial charge in [-0.05, 0) is 36.5 Å². The van der Waals surface area contributed by atoms with E-state index in [2.05, 4.69) is 25.2 Å². The summed E-state index contributed by atoms with van der Waals surface area (Å²) in [4.78, 5) is 0. The van der Waals surface area contributed by atoms with Crippen molar-refractivity contribution < 1.29 is 0 Å². The molecule has 1 fully saturated rings. The average molecular weight is 263 g/mol. The van der Waals surface area contributed by atoms with Gasteiger partial charge < -0.3 is 5.32 Å². The Kier molecular flexibility index (Phi) is 4.14. The van der Waals surface area contributed by atoms with E-state index in [9.17, 15) is 0 Å². The molecule has 0 bridgehead atoms. The summed E-state index contributed by atoms with van der Waals surface area (Å²) in [6.45, 7) is 4.60. The van der Waals surface area contributed by atoms with Crippen LogP contribution in [0.3, 0.4) is 0 Å². The van der Waals surface area contributed by atoms with Crippen LogP contribution in [0.25, 0.3) is 0 Å². The van der Waals surface area contributed by atoms with E-state index in [-0.39, 0.29) is 0 Å².